The monoisotopic (exact) mass is 261 g/mol. The van der Waals surface area contributed by atoms with Crippen molar-refractivity contribution in [2.45, 2.75) is 30.1 Å². The van der Waals surface area contributed by atoms with E-state index in [0.717, 1.165) is 24.3 Å². The number of ether oxygens (including phenoxy) is 1. The molecular formula is C10H15NO3S2. The Labute approximate surface area is 99.7 Å². The Bertz CT molecular complexity index is 446. The highest BCUT2D eigenvalue weighted by Gasteiger charge is 2.20. The fraction of sp³-hybridized carbons (Fsp3) is 0.600. The normalized spacial score (nSPS) is 21.4. The maximum Gasteiger partial charge on any atom is 0.250 e. The lowest BCUT2D eigenvalue weighted by Crippen LogP contribution is -2.31. The number of nitrogens with one attached hydrogen (secondary N) is 1. The van der Waals surface area contributed by atoms with E-state index in [1.807, 2.05) is 13.0 Å². The quantitative estimate of drug-likeness (QED) is 0.894. The molecule has 0 aliphatic carbocycles. The van der Waals surface area contributed by atoms with Crippen LogP contribution in [0.3, 0.4) is 0 Å². The molecule has 6 heteroatoms. The summed E-state index contributed by atoms with van der Waals surface area (Å²) in [5.41, 5.74) is 0. The average Bonchev–Trinajstić information content (AvgIpc) is 2.85. The predicted octanol–water partition coefficient (Wildman–Crippen LogP) is 1.51. The molecule has 1 aromatic heterocycles. The molecule has 16 heavy (non-hydrogen) atoms. The van der Waals surface area contributed by atoms with Crippen molar-refractivity contribution in [2.75, 3.05) is 13.2 Å². The van der Waals surface area contributed by atoms with E-state index >= 15 is 0 Å². The zero-order valence-corrected chi connectivity index (χ0v) is 10.7. The number of hydrogen-bond acceptors (Lipinski definition) is 4. The molecule has 1 aliphatic rings. The van der Waals surface area contributed by atoms with Gasteiger partial charge in [0.15, 0.2) is 0 Å². The molecule has 1 aromatic rings. The number of hydrogen-bond donors (Lipinski definition) is 1. The van der Waals surface area contributed by atoms with E-state index in [9.17, 15) is 8.42 Å². The zero-order chi connectivity index (χ0) is 11.6. The van der Waals surface area contributed by atoms with E-state index in [2.05, 4.69) is 4.72 Å². The fourth-order valence-electron chi connectivity index (χ4n) is 1.64. The Kier molecular flexibility index (Phi) is 3.63. The summed E-state index contributed by atoms with van der Waals surface area (Å²) in [5.74, 6) is 0. The van der Waals surface area contributed by atoms with E-state index < -0.39 is 10.0 Å². The number of sulfonamides is 1. The summed E-state index contributed by atoms with van der Waals surface area (Å²) in [4.78, 5) is 0.998. The Balaban J connectivity index is 1.97. The molecule has 1 fully saturated rings. The molecule has 1 saturated heterocycles. The largest absolute Gasteiger partial charge is 0.377 e. The van der Waals surface area contributed by atoms with Crippen LogP contribution in [0.2, 0.25) is 0 Å². The minimum atomic E-state index is -3.34. The van der Waals surface area contributed by atoms with Gasteiger partial charge < -0.3 is 4.74 Å². The topological polar surface area (TPSA) is 55.4 Å². The molecule has 90 valence electrons. The van der Waals surface area contributed by atoms with Gasteiger partial charge in [0.05, 0.1) is 6.10 Å². The molecule has 4 nitrogen and oxygen atoms in total. The van der Waals surface area contributed by atoms with E-state index in [-0.39, 0.29) is 6.10 Å². The van der Waals surface area contributed by atoms with Gasteiger partial charge in [0, 0.05) is 18.0 Å². The van der Waals surface area contributed by atoms with Crippen LogP contribution in [0, 0.1) is 6.92 Å². The van der Waals surface area contributed by atoms with Crippen LogP contribution in [0.15, 0.2) is 16.3 Å². The van der Waals surface area contributed by atoms with Crippen molar-refractivity contribution < 1.29 is 13.2 Å². The third kappa shape index (κ3) is 2.82. The maximum absolute atomic E-state index is 11.8. The van der Waals surface area contributed by atoms with Crippen molar-refractivity contribution in [3.05, 3.63) is 17.0 Å². The molecular weight excluding hydrogens is 246 g/mol. The highest BCUT2D eigenvalue weighted by molar-refractivity contribution is 7.91. The molecule has 0 spiro atoms. The fourth-order valence-corrected chi connectivity index (χ4v) is 4.03. The Morgan fingerprint density at radius 3 is 2.94 bits per heavy atom. The van der Waals surface area contributed by atoms with Gasteiger partial charge in [-0.1, -0.05) is 0 Å². The van der Waals surface area contributed by atoms with E-state index in [1.165, 1.54) is 11.3 Å². The Morgan fingerprint density at radius 2 is 2.38 bits per heavy atom. The molecule has 0 bridgehead atoms. The molecule has 0 saturated carbocycles. The van der Waals surface area contributed by atoms with Crippen LogP contribution >= 0.6 is 11.3 Å². The lowest BCUT2D eigenvalue weighted by Gasteiger charge is -2.10. The molecule has 1 N–H and O–H groups in total. The molecule has 1 atom stereocenters. The Hall–Kier alpha value is -0.430. The molecule has 0 amide bonds. The lowest BCUT2D eigenvalue weighted by atomic mass is 10.2. The predicted molar refractivity (Wildman–Crippen MR) is 63.2 cm³/mol. The highest BCUT2D eigenvalue weighted by atomic mass is 32.2. The lowest BCUT2D eigenvalue weighted by molar-refractivity contribution is 0.114. The van der Waals surface area contributed by atoms with Crippen molar-refractivity contribution in [1.82, 2.24) is 4.72 Å². The van der Waals surface area contributed by atoms with Crippen LogP contribution < -0.4 is 4.72 Å². The van der Waals surface area contributed by atoms with Gasteiger partial charge in [0.25, 0.3) is 0 Å². The van der Waals surface area contributed by atoms with Crippen molar-refractivity contribution >= 4 is 21.4 Å². The van der Waals surface area contributed by atoms with Crippen LogP contribution in [0.4, 0.5) is 0 Å². The van der Waals surface area contributed by atoms with Crippen molar-refractivity contribution in [3.8, 4) is 0 Å². The molecule has 0 unspecified atom stereocenters. The van der Waals surface area contributed by atoms with E-state index in [4.69, 9.17) is 4.74 Å². The summed E-state index contributed by atoms with van der Waals surface area (Å²) in [5, 5.41) is 0. The zero-order valence-electron chi connectivity index (χ0n) is 9.10. The maximum atomic E-state index is 11.8. The third-order valence-corrected chi connectivity index (χ3v) is 5.42. The minimum absolute atomic E-state index is 0.0378. The number of thiophene rings is 1. The first-order valence-corrected chi connectivity index (χ1v) is 7.55. The standard InChI is InChI=1S/C10H15NO3S2/c1-8-4-5-10(15-8)16(12,13)11-7-9-3-2-6-14-9/h4-5,9,11H,2-3,6-7H2,1H3/t9-/m0/s1. The molecule has 0 radical (unpaired) electrons. The second-order valence-electron chi connectivity index (χ2n) is 3.85. The van der Waals surface area contributed by atoms with Crippen LogP contribution in [-0.2, 0) is 14.8 Å². The van der Waals surface area contributed by atoms with Gasteiger partial charge in [0.1, 0.15) is 4.21 Å². The SMILES string of the molecule is Cc1ccc(S(=O)(=O)NC[C@@H]2CCCO2)s1. The van der Waals surface area contributed by atoms with Crippen LogP contribution in [0.5, 0.6) is 0 Å². The summed E-state index contributed by atoms with van der Waals surface area (Å²) in [6.45, 7) is 3.01. The molecule has 2 heterocycles. The van der Waals surface area contributed by atoms with Gasteiger partial charge >= 0.3 is 0 Å². The molecule has 2 rings (SSSR count). The van der Waals surface area contributed by atoms with Crippen molar-refractivity contribution in [1.29, 1.82) is 0 Å². The number of aryl methyl sites for hydroxylation is 1. The van der Waals surface area contributed by atoms with Crippen molar-refractivity contribution in [2.24, 2.45) is 0 Å². The van der Waals surface area contributed by atoms with Crippen LogP contribution in [-0.4, -0.2) is 27.7 Å². The first-order chi connectivity index (χ1) is 7.58. The molecule has 0 aromatic carbocycles. The Morgan fingerprint density at radius 1 is 1.56 bits per heavy atom. The van der Waals surface area contributed by atoms with Gasteiger partial charge in [-0.05, 0) is 31.9 Å². The van der Waals surface area contributed by atoms with Gasteiger partial charge in [-0.15, -0.1) is 11.3 Å². The average molecular weight is 261 g/mol. The second kappa shape index (κ2) is 4.83. The van der Waals surface area contributed by atoms with Gasteiger partial charge in [-0.25, -0.2) is 13.1 Å². The summed E-state index contributed by atoms with van der Waals surface area (Å²) in [6.07, 6.45) is 1.99. The molecule has 1 aliphatic heterocycles. The minimum Gasteiger partial charge on any atom is -0.377 e. The van der Waals surface area contributed by atoms with Crippen molar-refractivity contribution in [3.63, 3.8) is 0 Å². The highest BCUT2D eigenvalue weighted by Crippen LogP contribution is 2.20. The first kappa shape index (κ1) is 12.0. The van der Waals surface area contributed by atoms with Gasteiger partial charge in [-0.3, -0.25) is 0 Å². The van der Waals surface area contributed by atoms with Gasteiger partial charge in [-0.2, -0.15) is 0 Å². The summed E-state index contributed by atoms with van der Waals surface area (Å²) in [7, 11) is -3.34. The van der Waals surface area contributed by atoms with E-state index in [1.54, 1.807) is 6.07 Å². The van der Waals surface area contributed by atoms with Crippen LogP contribution in [0.25, 0.3) is 0 Å². The summed E-state index contributed by atoms with van der Waals surface area (Å²) >= 11 is 1.29. The summed E-state index contributed by atoms with van der Waals surface area (Å²) < 4.78 is 32.0. The summed E-state index contributed by atoms with van der Waals surface area (Å²) in [6, 6.07) is 3.45. The number of rotatable bonds is 4. The van der Waals surface area contributed by atoms with Crippen LogP contribution in [0.1, 0.15) is 17.7 Å². The van der Waals surface area contributed by atoms with E-state index in [0.29, 0.717) is 10.8 Å². The second-order valence-corrected chi connectivity index (χ2v) is 7.13. The smallest absolute Gasteiger partial charge is 0.250 e. The first-order valence-electron chi connectivity index (χ1n) is 5.25. The van der Waals surface area contributed by atoms with Gasteiger partial charge in [0.2, 0.25) is 10.0 Å². The third-order valence-electron chi connectivity index (χ3n) is 2.51.